The van der Waals surface area contributed by atoms with Crippen LogP contribution < -0.4 is 5.56 Å². The van der Waals surface area contributed by atoms with Crippen molar-refractivity contribution in [3.05, 3.63) is 70.3 Å². The highest BCUT2D eigenvalue weighted by atomic mass is 19.1. The number of hydrogen-bond acceptors (Lipinski definition) is 3. The summed E-state index contributed by atoms with van der Waals surface area (Å²) in [6.45, 7) is 2.19. The maximum Gasteiger partial charge on any atom is 0.261 e. The van der Waals surface area contributed by atoms with E-state index in [-0.39, 0.29) is 11.4 Å². The van der Waals surface area contributed by atoms with Crippen LogP contribution in [0.15, 0.2) is 47.7 Å². The zero-order valence-electron chi connectivity index (χ0n) is 10.9. The van der Waals surface area contributed by atoms with Crippen molar-refractivity contribution in [3.8, 4) is 0 Å². The minimum atomic E-state index is -0.292. The van der Waals surface area contributed by atoms with Crippen LogP contribution in [0, 0.1) is 12.7 Å². The summed E-state index contributed by atoms with van der Waals surface area (Å²) >= 11 is 0. The Hall–Kier alpha value is -2.56. The molecule has 4 nitrogen and oxygen atoms in total. The average molecular weight is 269 g/mol. The van der Waals surface area contributed by atoms with Gasteiger partial charge in [0.1, 0.15) is 5.82 Å². The number of nitrogens with zero attached hydrogens (tertiary/aromatic N) is 3. The first-order chi connectivity index (χ1) is 9.63. The molecule has 3 rings (SSSR count). The number of aryl methyl sites for hydroxylation is 1. The van der Waals surface area contributed by atoms with Crippen LogP contribution in [0.3, 0.4) is 0 Å². The standard InChI is InChI=1S/C15H12FN3O/c1-10-6-13-14(7-17-10)18-9-19(15(13)20)8-11-2-4-12(16)5-3-11/h2-7,9H,8H2,1H3. The van der Waals surface area contributed by atoms with Crippen molar-refractivity contribution in [2.45, 2.75) is 13.5 Å². The molecular weight excluding hydrogens is 257 g/mol. The molecule has 0 N–H and O–H groups in total. The molecule has 5 heteroatoms. The quantitative estimate of drug-likeness (QED) is 0.717. The Bertz CT molecular complexity index is 825. The van der Waals surface area contributed by atoms with Gasteiger partial charge in [0.2, 0.25) is 0 Å². The first-order valence-corrected chi connectivity index (χ1v) is 6.20. The average Bonchev–Trinajstić information content (AvgIpc) is 2.45. The Morgan fingerprint density at radius 2 is 1.95 bits per heavy atom. The van der Waals surface area contributed by atoms with Crippen molar-refractivity contribution in [1.29, 1.82) is 0 Å². The number of hydrogen-bond donors (Lipinski definition) is 0. The number of halogens is 1. The fourth-order valence-corrected chi connectivity index (χ4v) is 2.06. The van der Waals surface area contributed by atoms with Crippen molar-refractivity contribution in [2.24, 2.45) is 0 Å². The number of aromatic nitrogens is 3. The zero-order chi connectivity index (χ0) is 14.1. The predicted octanol–water partition coefficient (Wildman–Crippen LogP) is 2.29. The second-order valence-electron chi connectivity index (χ2n) is 4.65. The lowest BCUT2D eigenvalue weighted by Crippen LogP contribution is -2.21. The highest BCUT2D eigenvalue weighted by Gasteiger charge is 2.05. The monoisotopic (exact) mass is 269 g/mol. The summed E-state index contributed by atoms with van der Waals surface area (Å²) in [5, 5.41) is 0.544. The highest BCUT2D eigenvalue weighted by Crippen LogP contribution is 2.08. The van der Waals surface area contributed by atoms with E-state index in [4.69, 9.17) is 0 Å². The van der Waals surface area contributed by atoms with E-state index in [0.29, 0.717) is 17.4 Å². The van der Waals surface area contributed by atoms with E-state index in [1.807, 2.05) is 6.92 Å². The SMILES string of the molecule is Cc1cc2c(=O)n(Cc3ccc(F)cc3)cnc2cn1. The smallest absolute Gasteiger partial charge is 0.261 e. The third-order valence-corrected chi connectivity index (χ3v) is 3.11. The second kappa shape index (κ2) is 4.85. The van der Waals surface area contributed by atoms with Crippen LogP contribution in [0.4, 0.5) is 4.39 Å². The number of rotatable bonds is 2. The number of pyridine rings is 1. The van der Waals surface area contributed by atoms with Gasteiger partial charge in [0.25, 0.3) is 5.56 Å². The van der Waals surface area contributed by atoms with Gasteiger partial charge in [0.05, 0.1) is 30.0 Å². The Morgan fingerprint density at radius 3 is 2.70 bits per heavy atom. The molecule has 1 aromatic carbocycles. The Labute approximate surface area is 114 Å². The lowest BCUT2D eigenvalue weighted by Gasteiger charge is -2.07. The molecule has 0 aliphatic rings. The van der Waals surface area contributed by atoms with Gasteiger partial charge in [-0.25, -0.2) is 9.37 Å². The van der Waals surface area contributed by atoms with Crippen LogP contribution in [0.5, 0.6) is 0 Å². The van der Waals surface area contributed by atoms with Crippen LogP contribution in [0.1, 0.15) is 11.3 Å². The molecule has 0 amide bonds. The van der Waals surface area contributed by atoms with E-state index in [0.717, 1.165) is 11.3 Å². The molecule has 0 fully saturated rings. The van der Waals surface area contributed by atoms with Crippen LogP contribution in [-0.2, 0) is 6.54 Å². The van der Waals surface area contributed by atoms with Gasteiger partial charge in [-0.1, -0.05) is 12.1 Å². The Kier molecular flexibility index (Phi) is 3.02. The lowest BCUT2D eigenvalue weighted by molar-refractivity contribution is 0.626. The van der Waals surface area contributed by atoms with E-state index in [2.05, 4.69) is 9.97 Å². The molecule has 0 aliphatic heterocycles. The van der Waals surface area contributed by atoms with E-state index >= 15 is 0 Å². The largest absolute Gasteiger partial charge is 0.294 e. The maximum absolute atomic E-state index is 12.9. The predicted molar refractivity (Wildman–Crippen MR) is 74.0 cm³/mol. The molecule has 0 unspecified atom stereocenters. The van der Waals surface area contributed by atoms with Gasteiger partial charge in [-0.3, -0.25) is 14.3 Å². The highest BCUT2D eigenvalue weighted by molar-refractivity contribution is 5.76. The number of fused-ring (bicyclic) bond motifs is 1. The third-order valence-electron chi connectivity index (χ3n) is 3.11. The maximum atomic E-state index is 12.9. The van der Waals surface area contributed by atoms with Crippen LogP contribution >= 0.6 is 0 Å². The molecule has 0 atom stereocenters. The summed E-state index contributed by atoms with van der Waals surface area (Å²) in [6, 6.07) is 7.80. The first-order valence-electron chi connectivity index (χ1n) is 6.20. The van der Waals surface area contributed by atoms with Crippen LogP contribution in [-0.4, -0.2) is 14.5 Å². The molecule has 2 heterocycles. The van der Waals surface area contributed by atoms with Crippen molar-refractivity contribution in [1.82, 2.24) is 14.5 Å². The van der Waals surface area contributed by atoms with Gasteiger partial charge >= 0.3 is 0 Å². The molecule has 100 valence electrons. The van der Waals surface area contributed by atoms with E-state index in [1.54, 1.807) is 24.4 Å². The summed E-state index contributed by atoms with van der Waals surface area (Å²) in [6.07, 6.45) is 3.08. The minimum absolute atomic E-state index is 0.121. The number of benzene rings is 1. The summed E-state index contributed by atoms with van der Waals surface area (Å²) in [5.41, 5.74) is 2.08. The fourth-order valence-electron chi connectivity index (χ4n) is 2.06. The van der Waals surface area contributed by atoms with Crippen molar-refractivity contribution in [2.75, 3.05) is 0 Å². The van der Waals surface area contributed by atoms with E-state index in [9.17, 15) is 9.18 Å². The molecule has 20 heavy (non-hydrogen) atoms. The molecule has 0 spiro atoms. The second-order valence-corrected chi connectivity index (χ2v) is 4.65. The normalized spacial score (nSPS) is 10.9. The van der Waals surface area contributed by atoms with Gasteiger partial charge in [-0.15, -0.1) is 0 Å². The van der Waals surface area contributed by atoms with Gasteiger partial charge in [0, 0.05) is 5.69 Å². The molecule has 3 aromatic rings. The third kappa shape index (κ3) is 2.30. The van der Waals surface area contributed by atoms with Crippen molar-refractivity contribution in [3.63, 3.8) is 0 Å². The topological polar surface area (TPSA) is 47.8 Å². The van der Waals surface area contributed by atoms with E-state index < -0.39 is 0 Å². The zero-order valence-corrected chi connectivity index (χ0v) is 10.9. The van der Waals surface area contributed by atoms with Gasteiger partial charge < -0.3 is 0 Å². The fraction of sp³-hybridized carbons (Fsp3) is 0.133. The van der Waals surface area contributed by atoms with E-state index in [1.165, 1.54) is 23.0 Å². The van der Waals surface area contributed by atoms with Crippen LogP contribution in [0.25, 0.3) is 10.9 Å². The summed E-state index contributed by atoms with van der Waals surface area (Å²) in [4.78, 5) is 20.7. The molecule has 0 radical (unpaired) electrons. The molecular formula is C15H12FN3O. The van der Waals surface area contributed by atoms with Crippen molar-refractivity contribution >= 4 is 10.9 Å². The minimum Gasteiger partial charge on any atom is -0.294 e. The van der Waals surface area contributed by atoms with Crippen molar-refractivity contribution < 1.29 is 4.39 Å². The first kappa shape index (κ1) is 12.5. The van der Waals surface area contributed by atoms with Crippen LogP contribution in [0.2, 0.25) is 0 Å². The Morgan fingerprint density at radius 1 is 1.20 bits per heavy atom. The summed E-state index contributed by atoms with van der Waals surface area (Å²) < 4.78 is 14.4. The molecule has 0 saturated carbocycles. The van der Waals surface area contributed by atoms with Gasteiger partial charge in [-0.05, 0) is 30.7 Å². The molecule has 2 aromatic heterocycles. The summed E-state index contributed by atoms with van der Waals surface area (Å²) in [7, 11) is 0. The Balaban J connectivity index is 2.06. The van der Waals surface area contributed by atoms with Gasteiger partial charge in [-0.2, -0.15) is 0 Å². The lowest BCUT2D eigenvalue weighted by atomic mass is 10.2. The summed E-state index contributed by atoms with van der Waals surface area (Å²) in [5.74, 6) is -0.292. The molecule has 0 saturated heterocycles. The molecule has 0 aliphatic carbocycles. The van der Waals surface area contributed by atoms with Gasteiger partial charge in [0.15, 0.2) is 0 Å². The molecule has 0 bridgehead atoms.